The number of nitrogens with zero attached hydrogens (tertiary/aromatic N) is 3. The SMILES string of the molecule is CCCOc1cc(C2=NN(Cc3ccc(NC(=O)CCN4CCC(O)CC4)cc3)C(=O)SC2)ccc1OC. The number of amides is 2. The number of hydrogen-bond acceptors (Lipinski definition) is 8. The number of likely N-dealkylation sites (tertiary alicyclic amines) is 1. The van der Waals surface area contributed by atoms with Crippen LogP contribution in [0.3, 0.4) is 0 Å². The summed E-state index contributed by atoms with van der Waals surface area (Å²) < 4.78 is 11.2. The van der Waals surface area contributed by atoms with Gasteiger partial charge in [0.05, 0.1) is 32.1 Å². The lowest BCUT2D eigenvalue weighted by Crippen LogP contribution is -2.37. The summed E-state index contributed by atoms with van der Waals surface area (Å²) in [6.45, 7) is 5.31. The highest BCUT2D eigenvalue weighted by Crippen LogP contribution is 2.30. The molecule has 2 aromatic rings. The second-order valence-electron chi connectivity index (χ2n) is 9.44. The van der Waals surface area contributed by atoms with Crippen LogP contribution in [0.5, 0.6) is 11.5 Å². The molecular formula is C28H36N4O5S. The molecule has 0 saturated carbocycles. The molecular weight excluding hydrogens is 504 g/mol. The minimum absolute atomic E-state index is 0.0394. The number of aliphatic hydroxyl groups excluding tert-OH is 1. The first-order valence-corrected chi connectivity index (χ1v) is 14.1. The van der Waals surface area contributed by atoms with E-state index in [4.69, 9.17) is 9.47 Å². The van der Waals surface area contributed by atoms with Gasteiger partial charge in [-0.2, -0.15) is 5.10 Å². The van der Waals surface area contributed by atoms with E-state index in [-0.39, 0.29) is 17.3 Å². The van der Waals surface area contributed by atoms with E-state index in [1.165, 1.54) is 16.8 Å². The van der Waals surface area contributed by atoms with Crippen LogP contribution in [0.1, 0.15) is 43.7 Å². The molecule has 204 valence electrons. The number of piperidine rings is 1. The minimum atomic E-state index is -0.213. The lowest BCUT2D eigenvalue weighted by Gasteiger charge is -2.29. The van der Waals surface area contributed by atoms with Gasteiger partial charge in [0.15, 0.2) is 11.5 Å². The van der Waals surface area contributed by atoms with E-state index in [0.717, 1.165) is 49.2 Å². The molecule has 2 N–H and O–H groups in total. The molecule has 2 aromatic carbocycles. The quantitative estimate of drug-likeness (QED) is 0.437. The van der Waals surface area contributed by atoms with Gasteiger partial charge in [-0.05, 0) is 55.2 Å². The third kappa shape index (κ3) is 7.72. The highest BCUT2D eigenvalue weighted by atomic mass is 32.2. The van der Waals surface area contributed by atoms with E-state index in [1.54, 1.807) is 7.11 Å². The Morgan fingerprint density at radius 3 is 2.63 bits per heavy atom. The van der Waals surface area contributed by atoms with Crippen molar-refractivity contribution in [3.63, 3.8) is 0 Å². The first-order valence-electron chi connectivity index (χ1n) is 13.1. The number of hydrogen-bond donors (Lipinski definition) is 2. The second kappa shape index (κ2) is 13.6. The Labute approximate surface area is 228 Å². The van der Waals surface area contributed by atoms with Gasteiger partial charge in [-0.3, -0.25) is 9.59 Å². The number of ether oxygens (including phenoxy) is 2. The molecule has 0 aliphatic carbocycles. The largest absolute Gasteiger partial charge is 0.493 e. The van der Waals surface area contributed by atoms with Gasteiger partial charge < -0.3 is 24.8 Å². The van der Waals surface area contributed by atoms with Crippen molar-refractivity contribution in [1.82, 2.24) is 9.91 Å². The van der Waals surface area contributed by atoms with Crippen LogP contribution in [-0.4, -0.2) is 77.1 Å². The maximum Gasteiger partial charge on any atom is 0.302 e. The predicted octanol–water partition coefficient (Wildman–Crippen LogP) is 4.34. The van der Waals surface area contributed by atoms with E-state index >= 15 is 0 Å². The third-order valence-corrected chi connectivity index (χ3v) is 7.40. The van der Waals surface area contributed by atoms with Crippen LogP contribution < -0.4 is 14.8 Å². The minimum Gasteiger partial charge on any atom is -0.493 e. The fraction of sp³-hybridized carbons (Fsp3) is 0.464. The smallest absolute Gasteiger partial charge is 0.302 e. The Balaban J connectivity index is 1.34. The molecule has 2 heterocycles. The molecule has 0 unspecified atom stereocenters. The number of hydrazone groups is 1. The van der Waals surface area contributed by atoms with Crippen LogP contribution in [-0.2, 0) is 11.3 Å². The number of rotatable bonds is 11. The van der Waals surface area contributed by atoms with Crippen molar-refractivity contribution in [3.8, 4) is 11.5 Å². The van der Waals surface area contributed by atoms with Crippen LogP contribution in [0.25, 0.3) is 0 Å². The Morgan fingerprint density at radius 1 is 1.16 bits per heavy atom. The van der Waals surface area contributed by atoms with Crippen molar-refractivity contribution < 1.29 is 24.2 Å². The summed E-state index contributed by atoms with van der Waals surface area (Å²) in [6, 6.07) is 13.2. The van der Waals surface area contributed by atoms with Crippen molar-refractivity contribution in [2.75, 3.05) is 44.4 Å². The van der Waals surface area contributed by atoms with Gasteiger partial charge in [0.25, 0.3) is 0 Å². The van der Waals surface area contributed by atoms with Gasteiger partial charge in [-0.1, -0.05) is 30.8 Å². The molecule has 38 heavy (non-hydrogen) atoms. The third-order valence-electron chi connectivity index (χ3n) is 6.53. The molecule has 0 spiro atoms. The average molecular weight is 541 g/mol. The second-order valence-corrected chi connectivity index (χ2v) is 10.4. The van der Waals surface area contributed by atoms with Gasteiger partial charge in [0.1, 0.15) is 0 Å². The van der Waals surface area contributed by atoms with E-state index < -0.39 is 0 Å². The Morgan fingerprint density at radius 2 is 1.92 bits per heavy atom. The highest BCUT2D eigenvalue weighted by molar-refractivity contribution is 8.14. The van der Waals surface area contributed by atoms with E-state index in [9.17, 15) is 14.7 Å². The summed E-state index contributed by atoms with van der Waals surface area (Å²) in [4.78, 5) is 27.2. The van der Waals surface area contributed by atoms with Crippen LogP contribution >= 0.6 is 11.8 Å². The summed E-state index contributed by atoms with van der Waals surface area (Å²) in [6.07, 6.45) is 2.61. The van der Waals surface area contributed by atoms with Crippen LogP contribution in [0, 0.1) is 0 Å². The lowest BCUT2D eigenvalue weighted by molar-refractivity contribution is -0.116. The molecule has 0 atom stereocenters. The predicted molar refractivity (Wildman–Crippen MR) is 150 cm³/mol. The number of carbonyl (C=O) groups excluding carboxylic acids is 2. The summed E-state index contributed by atoms with van der Waals surface area (Å²) in [5.41, 5.74) is 3.32. The zero-order chi connectivity index (χ0) is 26.9. The number of anilines is 1. The topological polar surface area (TPSA) is 104 Å². The fourth-order valence-corrected chi connectivity index (χ4v) is 5.07. The number of carbonyl (C=O) groups is 2. The summed E-state index contributed by atoms with van der Waals surface area (Å²) >= 11 is 1.22. The first kappa shape index (κ1) is 27.9. The molecule has 1 fully saturated rings. The van der Waals surface area contributed by atoms with E-state index in [1.807, 2.05) is 49.4 Å². The molecule has 0 aromatic heterocycles. The van der Waals surface area contributed by atoms with Crippen LogP contribution in [0.15, 0.2) is 47.6 Å². The number of benzene rings is 2. The standard InChI is InChI=1S/C28H36N4O5S/c1-3-16-37-26-17-21(6-9-25(26)36-2)24-19-38-28(35)32(30-24)18-20-4-7-22(8-5-20)29-27(34)12-15-31-13-10-23(33)11-14-31/h4-9,17,23,33H,3,10-16,18-19H2,1-2H3,(H,29,34). The van der Waals surface area contributed by atoms with Crippen molar-refractivity contribution >= 4 is 34.3 Å². The van der Waals surface area contributed by atoms with Crippen molar-refractivity contribution in [1.29, 1.82) is 0 Å². The molecule has 2 aliphatic rings. The number of thioether (sulfide) groups is 1. The average Bonchev–Trinajstić information content (AvgIpc) is 2.93. The van der Waals surface area contributed by atoms with E-state index in [0.29, 0.717) is 49.1 Å². The molecule has 9 nitrogen and oxygen atoms in total. The summed E-state index contributed by atoms with van der Waals surface area (Å²) in [7, 11) is 1.61. The molecule has 0 radical (unpaired) electrons. The number of methoxy groups -OCH3 is 1. The Kier molecular flexibility index (Phi) is 10.0. The number of nitrogens with one attached hydrogen (secondary N) is 1. The number of aliphatic hydroxyl groups is 1. The van der Waals surface area contributed by atoms with Crippen molar-refractivity contribution in [2.24, 2.45) is 5.10 Å². The van der Waals surface area contributed by atoms with Crippen LogP contribution in [0.4, 0.5) is 10.5 Å². The van der Waals surface area contributed by atoms with E-state index in [2.05, 4.69) is 15.3 Å². The molecule has 2 aliphatic heterocycles. The Hall–Kier alpha value is -3.08. The summed E-state index contributed by atoms with van der Waals surface area (Å²) in [5, 5.41) is 18.6. The van der Waals surface area contributed by atoms with Gasteiger partial charge in [0, 0.05) is 43.1 Å². The molecule has 2 amide bonds. The summed E-state index contributed by atoms with van der Waals surface area (Å²) in [5.74, 6) is 1.77. The lowest BCUT2D eigenvalue weighted by atomic mass is 10.1. The van der Waals surface area contributed by atoms with Gasteiger partial charge in [0.2, 0.25) is 5.91 Å². The van der Waals surface area contributed by atoms with Crippen molar-refractivity contribution in [3.05, 3.63) is 53.6 Å². The maximum absolute atomic E-state index is 12.6. The van der Waals surface area contributed by atoms with Crippen LogP contribution in [0.2, 0.25) is 0 Å². The molecule has 0 bridgehead atoms. The van der Waals surface area contributed by atoms with Gasteiger partial charge in [-0.15, -0.1) is 0 Å². The van der Waals surface area contributed by atoms with Gasteiger partial charge >= 0.3 is 5.24 Å². The first-order chi connectivity index (χ1) is 18.4. The fourth-order valence-electron chi connectivity index (χ4n) is 4.33. The Bertz CT molecular complexity index is 1130. The van der Waals surface area contributed by atoms with Gasteiger partial charge in [-0.25, -0.2) is 5.01 Å². The zero-order valence-corrected chi connectivity index (χ0v) is 22.8. The molecule has 1 saturated heterocycles. The monoisotopic (exact) mass is 540 g/mol. The zero-order valence-electron chi connectivity index (χ0n) is 22.0. The molecule has 10 heteroatoms. The normalized spacial score (nSPS) is 16.8. The van der Waals surface area contributed by atoms with Crippen molar-refractivity contribution in [2.45, 2.75) is 45.3 Å². The molecule has 4 rings (SSSR count). The maximum atomic E-state index is 12.6. The highest BCUT2D eigenvalue weighted by Gasteiger charge is 2.23.